The van der Waals surface area contributed by atoms with Crippen LogP contribution in [0.2, 0.25) is 0 Å². The highest BCUT2D eigenvalue weighted by Gasteiger charge is 2.09. The molecule has 5 nitrogen and oxygen atoms in total. The van der Waals surface area contributed by atoms with Gasteiger partial charge in [-0.15, -0.1) is 0 Å². The molecule has 0 atom stereocenters. The topological polar surface area (TPSA) is 73.1 Å². The third kappa shape index (κ3) is 2.29. The minimum atomic E-state index is -0.959. The van der Waals surface area contributed by atoms with Gasteiger partial charge in [0.05, 0.1) is 7.11 Å². The molecule has 2 rings (SSSR count). The number of ether oxygens (including phenoxy) is 1. The largest absolute Gasteiger partial charge is 0.479 e. The van der Waals surface area contributed by atoms with Gasteiger partial charge in [0, 0.05) is 11.8 Å². The number of nitrogen functional groups attached to an aromatic ring is 1. The quantitative estimate of drug-likeness (QED) is 0.875. The lowest BCUT2D eigenvalue weighted by Gasteiger charge is -2.10. The fraction of sp³-hybridized carbons (Fsp3) is 0.0909. The molecule has 18 heavy (non-hydrogen) atoms. The Kier molecular flexibility index (Phi) is 3.22. The van der Waals surface area contributed by atoms with Gasteiger partial charge in [0.2, 0.25) is 5.88 Å². The fourth-order valence-electron chi connectivity index (χ4n) is 1.35. The molecule has 0 amide bonds. The number of halogens is 2. The van der Waals surface area contributed by atoms with Crippen molar-refractivity contribution in [2.75, 3.05) is 18.2 Å². The molecule has 2 aromatic rings. The molecule has 1 heterocycles. The van der Waals surface area contributed by atoms with E-state index in [0.717, 1.165) is 12.1 Å². The lowest BCUT2D eigenvalue weighted by atomic mass is 10.3. The lowest BCUT2D eigenvalue weighted by molar-refractivity contribution is 0.399. The van der Waals surface area contributed by atoms with Crippen LogP contribution in [0.4, 0.5) is 26.0 Å². The molecule has 0 aliphatic rings. The summed E-state index contributed by atoms with van der Waals surface area (Å²) < 4.78 is 30.7. The molecule has 0 saturated heterocycles. The fourth-order valence-corrected chi connectivity index (χ4v) is 1.35. The number of nitrogens with one attached hydrogen (secondary N) is 1. The Balaban J connectivity index is 2.31. The average molecular weight is 252 g/mol. The van der Waals surface area contributed by atoms with Crippen LogP contribution in [0.25, 0.3) is 0 Å². The van der Waals surface area contributed by atoms with Crippen molar-refractivity contribution in [1.29, 1.82) is 0 Å². The monoisotopic (exact) mass is 252 g/mol. The molecule has 0 aliphatic heterocycles. The Bertz CT molecular complexity index is 577. The van der Waals surface area contributed by atoms with E-state index in [0.29, 0.717) is 5.69 Å². The second kappa shape index (κ2) is 4.82. The molecule has 1 aromatic heterocycles. The van der Waals surface area contributed by atoms with Crippen LogP contribution in [0.3, 0.4) is 0 Å². The highest BCUT2D eigenvalue weighted by atomic mass is 19.2. The summed E-state index contributed by atoms with van der Waals surface area (Å²) in [5.41, 5.74) is 6.23. The van der Waals surface area contributed by atoms with Crippen LogP contribution < -0.4 is 15.8 Å². The standard InChI is InChI=1S/C11H10F2N4O/c1-18-11-9(14)10(15-5-16-11)17-6-2-3-7(12)8(13)4-6/h2-5H,14H2,1H3,(H,15,16,17). The summed E-state index contributed by atoms with van der Waals surface area (Å²) >= 11 is 0. The first-order chi connectivity index (χ1) is 8.61. The number of aromatic nitrogens is 2. The number of benzene rings is 1. The van der Waals surface area contributed by atoms with Gasteiger partial charge in [0.15, 0.2) is 17.5 Å². The number of nitrogens with zero attached hydrogens (tertiary/aromatic N) is 2. The number of anilines is 3. The summed E-state index contributed by atoms with van der Waals surface area (Å²) in [6.45, 7) is 0. The lowest BCUT2D eigenvalue weighted by Crippen LogP contribution is -2.03. The summed E-state index contributed by atoms with van der Waals surface area (Å²) in [7, 11) is 1.42. The molecule has 0 fully saturated rings. The second-order valence-electron chi connectivity index (χ2n) is 3.40. The van der Waals surface area contributed by atoms with Crippen molar-refractivity contribution in [1.82, 2.24) is 9.97 Å². The van der Waals surface area contributed by atoms with Gasteiger partial charge in [0.25, 0.3) is 0 Å². The number of hydrogen-bond donors (Lipinski definition) is 2. The summed E-state index contributed by atoms with van der Waals surface area (Å²) in [4.78, 5) is 7.69. The average Bonchev–Trinajstić information content (AvgIpc) is 2.36. The Hall–Kier alpha value is -2.44. The molecule has 0 radical (unpaired) electrons. The predicted molar refractivity (Wildman–Crippen MR) is 62.6 cm³/mol. The highest BCUT2D eigenvalue weighted by Crippen LogP contribution is 2.27. The van der Waals surface area contributed by atoms with Crippen LogP contribution in [0, 0.1) is 11.6 Å². The van der Waals surface area contributed by atoms with Crippen molar-refractivity contribution in [3.8, 4) is 5.88 Å². The van der Waals surface area contributed by atoms with Gasteiger partial charge in [-0.25, -0.2) is 13.8 Å². The molecule has 3 N–H and O–H groups in total. The first-order valence-electron chi connectivity index (χ1n) is 4.98. The van der Waals surface area contributed by atoms with Crippen molar-refractivity contribution in [3.63, 3.8) is 0 Å². The van der Waals surface area contributed by atoms with Crippen molar-refractivity contribution in [3.05, 3.63) is 36.2 Å². The SMILES string of the molecule is COc1ncnc(Nc2ccc(F)c(F)c2)c1N. The zero-order chi connectivity index (χ0) is 13.1. The maximum Gasteiger partial charge on any atom is 0.242 e. The second-order valence-corrected chi connectivity index (χ2v) is 3.40. The smallest absolute Gasteiger partial charge is 0.242 e. The van der Waals surface area contributed by atoms with Gasteiger partial charge >= 0.3 is 0 Å². The maximum absolute atomic E-state index is 13.0. The minimum absolute atomic E-state index is 0.185. The molecule has 0 spiro atoms. The van der Waals surface area contributed by atoms with Crippen LogP contribution in [-0.2, 0) is 0 Å². The van der Waals surface area contributed by atoms with E-state index in [9.17, 15) is 8.78 Å². The molecule has 0 aliphatic carbocycles. The summed E-state index contributed by atoms with van der Waals surface area (Å²) in [5.74, 6) is -1.42. The van der Waals surface area contributed by atoms with Crippen LogP contribution >= 0.6 is 0 Å². The number of rotatable bonds is 3. The Morgan fingerprint density at radius 1 is 1.22 bits per heavy atom. The zero-order valence-electron chi connectivity index (χ0n) is 9.45. The molecule has 94 valence electrons. The van der Waals surface area contributed by atoms with E-state index in [4.69, 9.17) is 10.5 Å². The highest BCUT2D eigenvalue weighted by molar-refractivity contribution is 5.71. The van der Waals surface area contributed by atoms with Crippen molar-refractivity contribution in [2.45, 2.75) is 0 Å². The van der Waals surface area contributed by atoms with E-state index in [1.165, 1.54) is 19.5 Å². The van der Waals surface area contributed by atoms with E-state index in [1.54, 1.807) is 0 Å². The van der Waals surface area contributed by atoms with Crippen LogP contribution in [-0.4, -0.2) is 17.1 Å². The van der Waals surface area contributed by atoms with E-state index in [1.807, 2.05) is 0 Å². The van der Waals surface area contributed by atoms with Crippen LogP contribution in [0.5, 0.6) is 5.88 Å². The summed E-state index contributed by atoms with van der Waals surface area (Å²) in [5, 5.41) is 2.75. The predicted octanol–water partition coefficient (Wildman–Crippen LogP) is 2.09. The maximum atomic E-state index is 13.0. The first kappa shape index (κ1) is 12.0. The van der Waals surface area contributed by atoms with Gasteiger partial charge < -0.3 is 15.8 Å². The van der Waals surface area contributed by atoms with Crippen molar-refractivity contribution < 1.29 is 13.5 Å². The van der Waals surface area contributed by atoms with Gasteiger partial charge in [-0.2, -0.15) is 4.98 Å². The Morgan fingerprint density at radius 3 is 2.67 bits per heavy atom. The molecule has 0 unspecified atom stereocenters. The number of hydrogen-bond acceptors (Lipinski definition) is 5. The van der Waals surface area contributed by atoms with E-state index < -0.39 is 11.6 Å². The van der Waals surface area contributed by atoms with E-state index in [-0.39, 0.29) is 17.4 Å². The molecule has 0 bridgehead atoms. The zero-order valence-corrected chi connectivity index (χ0v) is 9.45. The number of nitrogens with two attached hydrogens (primary N) is 1. The molecule has 7 heteroatoms. The normalized spacial score (nSPS) is 10.2. The minimum Gasteiger partial charge on any atom is -0.479 e. The van der Waals surface area contributed by atoms with Gasteiger partial charge in [-0.05, 0) is 12.1 Å². The molecular formula is C11H10F2N4O. The van der Waals surface area contributed by atoms with Crippen LogP contribution in [0.1, 0.15) is 0 Å². The summed E-state index contributed by atoms with van der Waals surface area (Å²) in [6.07, 6.45) is 1.25. The first-order valence-corrected chi connectivity index (χ1v) is 4.98. The van der Waals surface area contributed by atoms with Crippen molar-refractivity contribution >= 4 is 17.2 Å². The third-order valence-corrected chi connectivity index (χ3v) is 2.22. The molecule has 0 saturated carbocycles. The Morgan fingerprint density at radius 2 is 2.00 bits per heavy atom. The van der Waals surface area contributed by atoms with Gasteiger partial charge in [-0.3, -0.25) is 0 Å². The van der Waals surface area contributed by atoms with Gasteiger partial charge in [-0.1, -0.05) is 0 Å². The molecular weight excluding hydrogens is 242 g/mol. The third-order valence-electron chi connectivity index (χ3n) is 2.22. The molecule has 1 aromatic carbocycles. The number of methoxy groups -OCH3 is 1. The van der Waals surface area contributed by atoms with E-state index in [2.05, 4.69) is 15.3 Å². The van der Waals surface area contributed by atoms with E-state index >= 15 is 0 Å². The summed E-state index contributed by atoms with van der Waals surface area (Å²) in [6, 6.07) is 3.38. The Labute approximate surface area is 102 Å². The van der Waals surface area contributed by atoms with Gasteiger partial charge in [0.1, 0.15) is 12.0 Å². The van der Waals surface area contributed by atoms with Crippen LogP contribution in [0.15, 0.2) is 24.5 Å². The van der Waals surface area contributed by atoms with Crippen molar-refractivity contribution in [2.24, 2.45) is 0 Å².